The molecule has 0 atom stereocenters. The van der Waals surface area contributed by atoms with E-state index in [1.807, 2.05) is 37.4 Å². The van der Waals surface area contributed by atoms with Gasteiger partial charge in [0, 0.05) is 25.7 Å². The zero-order valence-corrected chi connectivity index (χ0v) is 15.0. The largest absolute Gasteiger partial charge is 0.355 e. The van der Waals surface area contributed by atoms with Crippen LogP contribution in [0.15, 0.2) is 42.6 Å². The Morgan fingerprint density at radius 1 is 1.19 bits per heavy atom. The minimum absolute atomic E-state index is 0.144. The van der Waals surface area contributed by atoms with E-state index in [9.17, 15) is 4.79 Å². The molecule has 1 aliphatic rings. The molecule has 26 heavy (non-hydrogen) atoms. The third kappa shape index (κ3) is 3.40. The molecule has 1 saturated heterocycles. The van der Waals surface area contributed by atoms with E-state index >= 15 is 0 Å². The van der Waals surface area contributed by atoms with Crippen LogP contribution in [-0.4, -0.2) is 40.1 Å². The zero-order valence-electron chi connectivity index (χ0n) is 15.0. The first-order chi connectivity index (χ1) is 12.7. The number of nitrogens with zero attached hydrogens (tertiary/aromatic N) is 4. The van der Waals surface area contributed by atoms with Gasteiger partial charge in [0.15, 0.2) is 11.5 Å². The summed E-state index contributed by atoms with van der Waals surface area (Å²) >= 11 is 0. The van der Waals surface area contributed by atoms with Crippen LogP contribution in [-0.2, 0) is 6.42 Å². The number of benzene rings is 1. The second-order valence-electron chi connectivity index (χ2n) is 6.75. The number of amides is 1. The molecule has 1 aromatic carbocycles. The lowest BCUT2D eigenvalue weighted by molar-refractivity contribution is 0.0949. The average Bonchev–Trinajstić information content (AvgIpc) is 3.31. The van der Waals surface area contributed by atoms with Gasteiger partial charge in [0.2, 0.25) is 0 Å². The molecular weight excluding hydrogens is 326 g/mol. The van der Waals surface area contributed by atoms with Crippen molar-refractivity contribution < 1.29 is 4.79 Å². The van der Waals surface area contributed by atoms with Crippen molar-refractivity contribution >= 4 is 17.2 Å². The number of carbonyl (C=O) groups excluding carboxylic acids is 1. The molecule has 3 aromatic rings. The van der Waals surface area contributed by atoms with E-state index in [-0.39, 0.29) is 5.91 Å². The van der Waals surface area contributed by atoms with Crippen molar-refractivity contribution in [1.29, 1.82) is 0 Å². The number of aryl methyl sites for hydroxylation is 1. The van der Waals surface area contributed by atoms with Gasteiger partial charge in [-0.05, 0) is 31.7 Å². The van der Waals surface area contributed by atoms with Gasteiger partial charge in [-0.3, -0.25) is 4.79 Å². The average molecular weight is 349 g/mol. The van der Waals surface area contributed by atoms with Crippen molar-refractivity contribution in [3.63, 3.8) is 0 Å². The quantitative estimate of drug-likeness (QED) is 0.769. The van der Waals surface area contributed by atoms with E-state index in [1.54, 1.807) is 4.52 Å². The molecule has 4 rings (SSSR count). The summed E-state index contributed by atoms with van der Waals surface area (Å²) in [6, 6.07) is 12.0. The summed E-state index contributed by atoms with van der Waals surface area (Å²) in [5.41, 5.74) is 3.44. The molecule has 1 aliphatic heterocycles. The Morgan fingerprint density at radius 3 is 2.73 bits per heavy atom. The number of fused-ring (bicyclic) bond motifs is 1. The SMILES string of the molecule is Cc1cn2nc(C(=O)NCCc3ccccc3)cc2c(N2CCCC2)n1. The molecule has 1 fully saturated rings. The van der Waals surface area contributed by atoms with Crippen molar-refractivity contribution in [2.75, 3.05) is 24.5 Å². The molecule has 6 heteroatoms. The van der Waals surface area contributed by atoms with Crippen LogP contribution in [0.3, 0.4) is 0 Å². The number of carbonyl (C=O) groups is 1. The lowest BCUT2D eigenvalue weighted by Gasteiger charge is -2.17. The second-order valence-corrected chi connectivity index (χ2v) is 6.75. The molecule has 0 radical (unpaired) electrons. The van der Waals surface area contributed by atoms with Crippen molar-refractivity contribution in [2.24, 2.45) is 0 Å². The van der Waals surface area contributed by atoms with Gasteiger partial charge in [0.05, 0.1) is 11.9 Å². The van der Waals surface area contributed by atoms with Gasteiger partial charge in [-0.15, -0.1) is 0 Å². The highest BCUT2D eigenvalue weighted by molar-refractivity contribution is 5.94. The van der Waals surface area contributed by atoms with E-state index in [1.165, 1.54) is 18.4 Å². The van der Waals surface area contributed by atoms with Crippen molar-refractivity contribution in [2.45, 2.75) is 26.2 Å². The number of hydrogen-bond donors (Lipinski definition) is 1. The molecule has 3 heterocycles. The Morgan fingerprint density at radius 2 is 1.96 bits per heavy atom. The predicted octanol–water partition coefficient (Wildman–Crippen LogP) is 2.61. The van der Waals surface area contributed by atoms with Gasteiger partial charge in [-0.1, -0.05) is 30.3 Å². The fourth-order valence-electron chi connectivity index (χ4n) is 3.42. The molecule has 1 amide bonds. The van der Waals surface area contributed by atoms with Gasteiger partial charge in [-0.2, -0.15) is 5.10 Å². The van der Waals surface area contributed by atoms with Crippen LogP contribution in [0, 0.1) is 6.92 Å². The van der Waals surface area contributed by atoms with Crippen LogP contribution in [0.5, 0.6) is 0 Å². The number of anilines is 1. The number of hydrogen-bond acceptors (Lipinski definition) is 4. The zero-order chi connectivity index (χ0) is 17.9. The summed E-state index contributed by atoms with van der Waals surface area (Å²) in [7, 11) is 0. The van der Waals surface area contributed by atoms with Crippen LogP contribution in [0.1, 0.15) is 34.6 Å². The maximum absolute atomic E-state index is 12.5. The van der Waals surface area contributed by atoms with Crippen LogP contribution < -0.4 is 10.2 Å². The molecule has 2 aromatic heterocycles. The van der Waals surface area contributed by atoms with Crippen LogP contribution in [0.4, 0.5) is 5.82 Å². The highest BCUT2D eigenvalue weighted by atomic mass is 16.1. The number of rotatable bonds is 5. The van der Waals surface area contributed by atoms with Crippen LogP contribution >= 0.6 is 0 Å². The molecular formula is C20H23N5O. The lowest BCUT2D eigenvalue weighted by Crippen LogP contribution is -2.26. The van der Waals surface area contributed by atoms with Gasteiger partial charge in [-0.25, -0.2) is 9.50 Å². The summed E-state index contributed by atoms with van der Waals surface area (Å²) in [5.74, 6) is 0.785. The van der Waals surface area contributed by atoms with Gasteiger partial charge < -0.3 is 10.2 Å². The topological polar surface area (TPSA) is 62.5 Å². The first-order valence-corrected chi connectivity index (χ1v) is 9.15. The third-order valence-corrected chi connectivity index (χ3v) is 4.74. The first-order valence-electron chi connectivity index (χ1n) is 9.15. The monoisotopic (exact) mass is 349 g/mol. The smallest absolute Gasteiger partial charge is 0.271 e. The molecule has 0 saturated carbocycles. The number of aromatic nitrogens is 3. The minimum Gasteiger partial charge on any atom is -0.355 e. The summed E-state index contributed by atoms with van der Waals surface area (Å²) in [6.45, 7) is 4.57. The van der Waals surface area contributed by atoms with E-state index < -0.39 is 0 Å². The van der Waals surface area contributed by atoms with Crippen molar-refractivity contribution in [3.05, 3.63) is 59.5 Å². The molecule has 134 valence electrons. The second kappa shape index (κ2) is 7.15. The fourth-order valence-corrected chi connectivity index (χ4v) is 3.42. The third-order valence-electron chi connectivity index (χ3n) is 4.74. The Labute approximate surface area is 152 Å². The van der Waals surface area contributed by atoms with Gasteiger partial charge in [0.1, 0.15) is 5.52 Å². The van der Waals surface area contributed by atoms with Crippen molar-refractivity contribution in [3.8, 4) is 0 Å². The van der Waals surface area contributed by atoms with Gasteiger partial charge in [0.25, 0.3) is 5.91 Å². The predicted molar refractivity (Wildman–Crippen MR) is 102 cm³/mol. The Kier molecular flexibility index (Phi) is 4.56. The molecule has 0 bridgehead atoms. The summed E-state index contributed by atoms with van der Waals surface area (Å²) in [4.78, 5) is 19.5. The standard InChI is InChI=1S/C20H23N5O/c1-15-14-25-18(19(22-15)24-11-5-6-12-24)13-17(23-25)20(26)21-10-9-16-7-3-2-4-8-16/h2-4,7-8,13-14H,5-6,9-12H2,1H3,(H,21,26). The molecule has 1 N–H and O–H groups in total. The van der Waals surface area contributed by atoms with Crippen LogP contribution in [0.2, 0.25) is 0 Å². The summed E-state index contributed by atoms with van der Waals surface area (Å²) < 4.78 is 1.78. The van der Waals surface area contributed by atoms with Gasteiger partial charge >= 0.3 is 0 Å². The van der Waals surface area contributed by atoms with E-state index in [0.29, 0.717) is 12.2 Å². The first kappa shape index (κ1) is 16.6. The summed E-state index contributed by atoms with van der Waals surface area (Å²) in [5, 5.41) is 7.43. The van der Waals surface area contributed by atoms with E-state index in [2.05, 4.69) is 27.4 Å². The number of nitrogens with one attached hydrogen (secondary N) is 1. The maximum atomic E-state index is 12.5. The lowest BCUT2D eigenvalue weighted by atomic mass is 10.1. The molecule has 6 nitrogen and oxygen atoms in total. The highest BCUT2D eigenvalue weighted by Crippen LogP contribution is 2.24. The summed E-state index contributed by atoms with van der Waals surface area (Å²) in [6.07, 6.45) is 5.04. The minimum atomic E-state index is -0.144. The molecule has 0 spiro atoms. The maximum Gasteiger partial charge on any atom is 0.271 e. The van der Waals surface area contributed by atoms with E-state index in [0.717, 1.165) is 36.5 Å². The Hall–Kier alpha value is -2.89. The van der Waals surface area contributed by atoms with Crippen molar-refractivity contribution in [1.82, 2.24) is 19.9 Å². The Bertz CT molecular complexity index is 913. The highest BCUT2D eigenvalue weighted by Gasteiger charge is 2.20. The van der Waals surface area contributed by atoms with Crippen LogP contribution in [0.25, 0.3) is 5.52 Å². The normalized spacial score (nSPS) is 14.1. The molecule has 0 unspecified atom stereocenters. The fraction of sp³-hybridized carbons (Fsp3) is 0.350. The molecule has 0 aliphatic carbocycles. The Balaban J connectivity index is 1.51. The van der Waals surface area contributed by atoms with E-state index in [4.69, 9.17) is 4.98 Å².